The van der Waals surface area contributed by atoms with Crippen LogP contribution in [0.25, 0.3) is 0 Å². The van der Waals surface area contributed by atoms with Crippen LogP contribution in [0.2, 0.25) is 0 Å². The third-order valence-corrected chi connectivity index (χ3v) is 5.16. The van der Waals surface area contributed by atoms with Gasteiger partial charge in [0.1, 0.15) is 5.82 Å². The van der Waals surface area contributed by atoms with Crippen molar-refractivity contribution in [3.63, 3.8) is 0 Å². The first-order valence-electron chi connectivity index (χ1n) is 8.43. The molecule has 31 heavy (non-hydrogen) atoms. The zero-order valence-corrected chi connectivity index (χ0v) is 16.3. The highest BCUT2D eigenvalue weighted by atomic mass is 32.2. The summed E-state index contributed by atoms with van der Waals surface area (Å²) >= 11 is 0. The molecule has 8 nitrogen and oxygen atoms in total. The van der Waals surface area contributed by atoms with E-state index in [2.05, 4.69) is 5.32 Å². The van der Waals surface area contributed by atoms with E-state index in [0.29, 0.717) is 12.1 Å². The Morgan fingerprint density at radius 3 is 2.19 bits per heavy atom. The first kappa shape index (κ1) is 24.1. The third-order valence-electron chi connectivity index (χ3n) is 3.90. The van der Waals surface area contributed by atoms with E-state index in [1.165, 1.54) is 24.3 Å². The molecule has 0 heterocycles. The van der Waals surface area contributed by atoms with Gasteiger partial charge in [-0.15, -0.1) is 0 Å². The largest absolute Gasteiger partial charge is 0.480 e. The zero-order chi connectivity index (χ0) is 23.4. The average Bonchev–Trinajstić information content (AvgIpc) is 2.66. The number of aliphatic hydroxyl groups is 1. The van der Waals surface area contributed by atoms with E-state index < -0.39 is 63.5 Å². The molecular formula is C18H16F4N2O6S. The van der Waals surface area contributed by atoms with Crippen LogP contribution < -0.4 is 10.0 Å². The van der Waals surface area contributed by atoms with Crippen molar-refractivity contribution >= 4 is 27.6 Å². The van der Waals surface area contributed by atoms with E-state index in [-0.39, 0.29) is 11.1 Å². The Hall–Kier alpha value is -3.19. The van der Waals surface area contributed by atoms with Gasteiger partial charge in [0.25, 0.3) is 5.91 Å². The number of carbonyl (C=O) groups is 2. The van der Waals surface area contributed by atoms with Crippen molar-refractivity contribution in [2.45, 2.75) is 18.0 Å². The Balaban J connectivity index is 2.11. The molecule has 0 aliphatic heterocycles. The standard InChI is InChI=1S/C18H16F4N2O6S/c19-14-6-5-12(7-13(14)18(20,21)22)24-31(29,30)9-10-1-3-11(4-2-10)16(26)23-15(8-25)17(27)28/h1-7,15,24-25H,8-9H2,(H,23,26)(H,27,28). The monoisotopic (exact) mass is 464 g/mol. The molecule has 168 valence electrons. The van der Waals surface area contributed by atoms with Gasteiger partial charge in [-0.2, -0.15) is 13.2 Å². The second kappa shape index (κ2) is 9.31. The van der Waals surface area contributed by atoms with Gasteiger partial charge in [-0.05, 0) is 35.9 Å². The normalized spacial score (nSPS) is 12.8. The van der Waals surface area contributed by atoms with Gasteiger partial charge in [0.15, 0.2) is 6.04 Å². The molecule has 0 aliphatic carbocycles. The van der Waals surface area contributed by atoms with E-state index >= 15 is 0 Å². The number of sulfonamides is 1. The van der Waals surface area contributed by atoms with Crippen molar-refractivity contribution in [1.29, 1.82) is 0 Å². The smallest absolute Gasteiger partial charge is 0.419 e. The minimum atomic E-state index is -5.00. The number of nitrogens with one attached hydrogen (secondary N) is 2. The number of carbonyl (C=O) groups excluding carboxylic acids is 1. The molecule has 0 saturated heterocycles. The highest BCUT2D eigenvalue weighted by molar-refractivity contribution is 7.91. The molecular weight excluding hydrogens is 448 g/mol. The molecule has 0 fully saturated rings. The van der Waals surface area contributed by atoms with Crippen LogP contribution in [0.5, 0.6) is 0 Å². The number of aliphatic hydroxyl groups excluding tert-OH is 1. The predicted molar refractivity (Wildman–Crippen MR) is 100 cm³/mol. The van der Waals surface area contributed by atoms with E-state index in [1.807, 2.05) is 4.72 Å². The number of alkyl halides is 3. The third kappa shape index (κ3) is 6.65. The summed E-state index contributed by atoms with van der Waals surface area (Å²) in [5.74, 6) is -4.48. The molecule has 2 aromatic rings. The molecule has 13 heteroatoms. The van der Waals surface area contributed by atoms with Crippen LogP contribution in [0.1, 0.15) is 21.5 Å². The summed E-state index contributed by atoms with van der Waals surface area (Å²) in [6.45, 7) is -0.831. The van der Waals surface area contributed by atoms with Crippen LogP contribution in [0, 0.1) is 5.82 Å². The fourth-order valence-electron chi connectivity index (χ4n) is 2.42. The van der Waals surface area contributed by atoms with Crippen LogP contribution in [-0.4, -0.2) is 43.2 Å². The van der Waals surface area contributed by atoms with E-state index in [9.17, 15) is 35.6 Å². The van der Waals surface area contributed by atoms with Crippen molar-refractivity contribution in [3.8, 4) is 0 Å². The van der Waals surface area contributed by atoms with Crippen molar-refractivity contribution in [2.24, 2.45) is 0 Å². The number of carboxylic acid groups (broad SMARTS) is 1. The van der Waals surface area contributed by atoms with Gasteiger partial charge in [-0.3, -0.25) is 9.52 Å². The summed E-state index contributed by atoms with van der Waals surface area (Å²) in [7, 11) is -4.18. The lowest BCUT2D eigenvalue weighted by atomic mass is 10.1. The van der Waals surface area contributed by atoms with Crippen LogP contribution in [0.3, 0.4) is 0 Å². The quantitative estimate of drug-likeness (QED) is 0.442. The van der Waals surface area contributed by atoms with Gasteiger partial charge in [0.2, 0.25) is 10.0 Å². The molecule has 2 aromatic carbocycles. The highest BCUT2D eigenvalue weighted by Gasteiger charge is 2.34. The van der Waals surface area contributed by atoms with Crippen LogP contribution in [0.4, 0.5) is 23.2 Å². The molecule has 0 spiro atoms. The van der Waals surface area contributed by atoms with E-state index in [1.54, 1.807) is 0 Å². The lowest BCUT2D eigenvalue weighted by Crippen LogP contribution is -2.43. The molecule has 0 radical (unpaired) electrons. The Labute approximate surface area is 173 Å². The first-order chi connectivity index (χ1) is 14.3. The number of hydrogen-bond acceptors (Lipinski definition) is 5. The zero-order valence-electron chi connectivity index (χ0n) is 15.5. The first-order valence-corrected chi connectivity index (χ1v) is 10.1. The maximum Gasteiger partial charge on any atom is 0.419 e. The minimum absolute atomic E-state index is 0.0119. The Kier molecular flexibility index (Phi) is 7.23. The van der Waals surface area contributed by atoms with Crippen molar-refractivity contribution in [3.05, 3.63) is 65.0 Å². The summed E-state index contributed by atoms with van der Waals surface area (Å²) in [4.78, 5) is 22.8. The number of benzene rings is 2. The Morgan fingerprint density at radius 1 is 1.06 bits per heavy atom. The van der Waals surface area contributed by atoms with Crippen LogP contribution in [-0.2, 0) is 26.7 Å². The summed E-state index contributed by atoms with van der Waals surface area (Å²) in [6, 6.07) is 5.05. The fourth-order valence-corrected chi connectivity index (χ4v) is 3.61. The van der Waals surface area contributed by atoms with Gasteiger partial charge in [-0.1, -0.05) is 12.1 Å². The number of amides is 1. The number of anilines is 1. The lowest BCUT2D eigenvalue weighted by molar-refractivity contribution is -0.141. The topological polar surface area (TPSA) is 133 Å². The number of carboxylic acids is 1. The highest BCUT2D eigenvalue weighted by Crippen LogP contribution is 2.33. The minimum Gasteiger partial charge on any atom is -0.480 e. The number of rotatable bonds is 8. The Morgan fingerprint density at radius 2 is 1.68 bits per heavy atom. The summed E-state index contributed by atoms with van der Waals surface area (Å²) in [5.41, 5.74) is -1.94. The molecule has 1 amide bonds. The summed E-state index contributed by atoms with van der Waals surface area (Å²) < 4.78 is 78.0. The van der Waals surface area contributed by atoms with Crippen LogP contribution >= 0.6 is 0 Å². The van der Waals surface area contributed by atoms with E-state index in [0.717, 1.165) is 6.07 Å². The van der Waals surface area contributed by atoms with Gasteiger partial charge in [0.05, 0.1) is 17.9 Å². The maximum absolute atomic E-state index is 13.3. The van der Waals surface area contributed by atoms with Gasteiger partial charge < -0.3 is 15.5 Å². The molecule has 4 N–H and O–H groups in total. The molecule has 0 aromatic heterocycles. The van der Waals surface area contributed by atoms with Gasteiger partial charge in [0, 0.05) is 11.3 Å². The molecule has 2 rings (SSSR count). The predicted octanol–water partition coefficient (Wildman–Crippen LogP) is 1.96. The molecule has 1 atom stereocenters. The summed E-state index contributed by atoms with van der Waals surface area (Å²) in [6.07, 6.45) is -5.00. The van der Waals surface area contributed by atoms with Crippen molar-refractivity contribution < 1.29 is 45.8 Å². The fraction of sp³-hybridized carbons (Fsp3) is 0.222. The average molecular weight is 464 g/mol. The van der Waals surface area contributed by atoms with Gasteiger partial charge in [-0.25, -0.2) is 17.6 Å². The molecule has 0 aliphatic rings. The summed E-state index contributed by atoms with van der Waals surface area (Å²) in [5, 5.41) is 19.8. The SMILES string of the molecule is O=C(NC(CO)C(=O)O)c1ccc(CS(=O)(=O)Nc2ccc(F)c(C(F)(F)F)c2)cc1. The molecule has 0 bridgehead atoms. The number of aliphatic carboxylic acids is 1. The molecule has 1 unspecified atom stereocenters. The van der Waals surface area contributed by atoms with Gasteiger partial charge >= 0.3 is 12.1 Å². The Bertz CT molecular complexity index is 1070. The van der Waals surface area contributed by atoms with Crippen molar-refractivity contribution in [2.75, 3.05) is 11.3 Å². The van der Waals surface area contributed by atoms with Crippen LogP contribution in [0.15, 0.2) is 42.5 Å². The number of halogens is 4. The molecule has 0 saturated carbocycles. The second-order valence-electron chi connectivity index (χ2n) is 6.30. The maximum atomic E-state index is 13.3. The van der Waals surface area contributed by atoms with E-state index in [4.69, 9.17) is 10.2 Å². The van der Waals surface area contributed by atoms with Crippen molar-refractivity contribution in [1.82, 2.24) is 5.32 Å². The lowest BCUT2D eigenvalue weighted by Gasteiger charge is -2.13. The number of hydrogen-bond donors (Lipinski definition) is 4. The second-order valence-corrected chi connectivity index (χ2v) is 8.02.